The number of aromatic nitrogens is 1. The molecule has 0 bridgehead atoms. The molecule has 0 aliphatic heterocycles. The number of rotatable bonds is 4. The molecule has 0 fully saturated rings. The van der Waals surface area contributed by atoms with E-state index in [0.29, 0.717) is 23.5 Å². The number of hydrogen-bond acceptors (Lipinski definition) is 3. The third kappa shape index (κ3) is 3.91. The molecule has 110 valence electrons. The van der Waals surface area contributed by atoms with Gasteiger partial charge in [0.25, 0.3) is 0 Å². The van der Waals surface area contributed by atoms with Crippen molar-refractivity contribution in [1.82, 2.24) is 4.98 Å². The molecule has 21 heavy (non-hydrogen) atoms. The highest BCUT2D eigenvalue weighted by atomic mass is 32.1. The number of pyridine rings is 1. The lowest BCUT2D eigenvalue weighted by molar-refractivity contribution is -0.137. The summed E-state index contributed by atoms with van der Waals surface area (Å²) in [6, 6.07) is 8.36. The number of nitrogens with zero attached hydrogens (tertiary/aromatic N) is 1. The van der Waals surface area contributed by atoms with Crippen LogP contribution in [0.3, 0.4) is 0 Å². The predicted octanol–water partition coefficient (Wildman–Crippen LogP) is 3.35. The summed E-state index contributed by atoms with van der Waals surface area (Å²) in [5, 5.41) is 3.01. The van der Waals surface area contributed by atoms with Crippen LogP contribution in [-0.4, -0.2) is 9.97 Å². The van der Waals surface area contributed by atoms with Crippen molar-refractivity contribution >= 4 is 23.0 Å². The first-order valence-corrected chi connectivity index (χ1v) is 6.43. The lowest BCUT2D eigenvalue weighted by Gasteiger charge is -2.11. The van der Waals surface area contributed by atoms with E-state index in [1.165, 1.54) is 12.1 Å². The van der Waals surface area contributed by atoms with Crippen molar-refractivity contribution < 1.29 is 13.2 Å². The Kier molecular flexibility index (Phi) is 4.42. The maximum absolute atomic E-state index is 12.5. The Morgan fingerprint density at radius 3 is 2.43 bits per heavy atom. The summed E-state index contributed by atoms with van der Waals surface area (Å²) in [5.74, 6) is 0.505. The highest BCUT2D eigenvalue weighted by Gasteiger charge is 2.29. The fraction of sp³-hybridized carbons (Fsp3) is 0.143. The van der Waals surface area contributed by atoms with Gasteiger partial charge >= 0.3 is 6.18 Å². The number of benzene rings is 1. The Morgan fingerprint density at radius 1 is 1.19 bits per heavy atom. The van der Waals surface area contributed by atoms with Gasteiger partial charge in [-0.1, -0.05) is 24.4 Å². The van der Waals surface area contributed by atoms with Gasteiger partial charge < -0.3 is 11.1 Å². The zero-order valence-electron chi connectivity index (χ0n) is 10.8. The van der Waals surface area contributed by atoms with Crippen LogP contribution in [0.4, 0.5) is 19.0 Å². The third-order valence-electron chi connectivity index (χ3n) is 2.81. The summed E-state index contributed by atoms with van der Waals surface area (Å²) < 4.78 is 37.4. The molecule has 2 aromatic rings. The molecule has 0 amide bonds. The lowest BCUT2D eigenvalue weighted by atomic mass is 10.1. The van der Waals surface area contributed by atoms with Crippen molar-refractivity contribution in [3.8, 4) is 0 Å². The van der Waals surface area contributed by atoms with E-state index in [9.17, 15) is 13.2 Å². The average Bonchev–Trinajstić information content (AvgIpc) is 2.45. The molecule has 7 heteroatoms. The first-order valence-electron chi connectivity index (χ1n) is 6.03. The highest BCUT2D eigenvalue weighted by Crippen LogP contribution is 2.29. The quantitative estimate of drug-likeness (QED) is 0.850. The molecule has 0 atom stereocenters. The number of hydrogen-bond donors (Lipinski definition) is 2. The van der Waals surface area contributed by atoms with Crippen molar-refractivity contribution in [2.24, 2.45) is 5.73 Å². The second-order valence-corrected chi connectivity index (χ2v) is 4.75. The van der Waals surface area contributed by atoms with E-state index in [2.05, 4.69) is 10.3 Å². The van der Waals surface area contributed by atoms with Crippen LogP contribution in [0.5, 0.6) is 0 Å². The molecule has 0 aliphatic carbocycles. The first-order chi connectivity index (χ1) is 9.88. The van der Waals surface area contributed by atoms with E-state index >= 15 is 0 Å². The van der Waals surface area contributed by atoms with Crippen LogP contribution in [0, 0.1) is 0 Å². The van der Waals surface area contributed by atoms with Gasteiger partial charge in [0.05, 0.1) is 11.1 Å². The van der Waals surface area contributed by atoms with Gasteiger partial charge in [0.1, 0.15) is 10.8 Å². The van der Waals surface area contributed by atoms with Gasteiger partial charge in [-0.25, -0.2) is 4.98 Å². The second kappa shape index (κ2) is 6.09. The molecule has 0 saturated heterocycles. The topological polar surface area (TPSA) is 50.9 Å². The van der Waals surface area contributed by atoms with Crippen LogP contribution in [0.15, 0.2) is 42.6 Å². The van der Waals surface area contributed by atoms with Crippen molar-refractivity contribution in [2.75, 3.05) is 5.32 Å². The average molecular weight is 311 g/mol. The Hall–Kier alpha value is -2.15. The van der Waals surface area contributed by atoms with Crippen LogP contribution < -0.4 is 11.1 Å². The zero-order chi connectivity index (χ0) is 15.5. The SMILES string of the molecule is NC(=S)c1cccnc1NCc1ccc(C(F)(F)F)cc1. The number of anilines is 1. The fourth-order valence-electron chi connectivity index (χ4n) is 1.74. The molecule has 0 radical (unpaired) electrons. The molecular formula is C14H12F3N3S. The molecule has 0 aliphatic rings. The standard InChI is InChI=1S/C14H12F3N3S/c15-14(16,17)10-5-3-9(4-6-10)8-20-13-11(12(18)21)2-1-7-19-13/h1-7H,8H2,(H2,18,21)(H,19,20). The summed E-state index contributed by atoms with van der Waals surface area (Å²) >= 11 is 4.91. The molecule has 0 saturated carbocycles. The molecule has 1 aromatic carbocycles. The predicted molar refractivity (Wildman–Crippen MR) is 78.9 cm³/mol. The molecule has 3 N–H and O–H groups in total. The molecule has 0 spiro atoms. The summed E-state index contributed by atoms with van der Waals surface area (Å²) in [6.45, 7) is 0.324. The molecular weight excluding hydrogens is 299 g/mol. The molecule has 3 nitrogen and oxygen atoms in total. The molecule has 1 heterocycles. The minimum Gasteiger partial charge on any atom is -0.389 e. The highest BCUT2D eigenvalue weighted by molar-refractivity contribution is 7.80. The zero-order valence-corrected chi connectivity index (χ0v) is 11.6. The van der Waals surface area contributed by atoms with Gasteiger partial charge in [0, 0.05) is 12.7 Å². The fourth-order valence-corrected chi connectivity index (χ4v) is 1.91. The van der Waals surface area contributed by atoms with E-state index in [-0.39, 0.29) is 4.99 Å². The normalized spacial score (nSPS) is 11.2. The maximum atomic E-state index is 12.5. The number of thiocarbonyl (C=S) groups is 1. The van der Waals surface area contributed by atoms with Crippen LogP contribution in [0.2, 0.25) is 0 Å². The van der Waals surface area contributed by atoms with Crippen molar-refractivity contribution in [1.29, 1.82) is 0 Å². The Labute approximate surface area is 125 Å². The summed E-state index contributed by atoms with van der Waals surface area (Å²) in [5.41, 5.74) is 6.20. The van der Waals surface area contributed by atoms with Crippen molar-refractivity contribution in [2.45, 2.75) is 12.7 Å². The minimum atomic E-state index is -4.33. The van der Waals surface area contributed by atoms with Gasteiger partial charge in [-0.3, -0.25) is 0 Å². The van der Waals surface area contributed by atoms with E-state index in [1.807, 2.05) is 0 Å². The van der Waals surface area contributed by atoms with Crippen molar-refractivity contribution in [3.63, 3.8) is 0 Å². The molecule has 1 aromatic heterocycles. The van der Waals surface area contributed by atoms with E-state index in [1.54, 1.807) is 18.3 Å². The van der Waals surface area contributed by atoms with Gasteiger partial charge in [-0.2, -0.15) is 13.2 Å². The van der Waals surface area contributed by atoms with Crippen LogP contribution in [-0.2, 0) is 12.7 Å². The van der Waals surface area contributed by atoms with Gasteiger partial charge in [0.2, 0.25) is 0 Å². The Balaban J connectivity index is 2.09. The second-order valence-electron chi connectivity index (χ2n) is 4.31. The minimum absolute atomic E-state index is 0.206. The van der Waals surface area contributed by atoms with Gasteiger partial charge in [0.15, 0.2) is 0 Å². The number of halogens is 3. The largest absolute Gasteiger partial charge is 0.416 e. The smallest absolute Gasteiger partial charge is 0.389 e. The van der Waals surface area contributed by atoms with Gasteiger partial charge in [-0.05, 0) is 29.8 Å². The van der Waals surface area contributed by atoms with E-state index in [4.69, 9.17) is 18.0 Å². The Bertz CT molecular complexity index is 639. The number of nitrogens with two attached hydrogens (primary N) is 1. The summed E-state index contributed by atoms with van der Waals surface area (Å²) in [6.07, 6.45) is -2.75. The van der Waals surface area contributed by atoms with Gasteiger partial charge in [-0.15, -0.1) is 0 Å². The van der Waals surface area contributed by atoms with Crippen molar-refractivity contribution in [3.05, 3.63) is 59.3 Å². The number of alkyl halides is 3. The van der Waals surface area contributed by atoms with Crippen LogP contribution >= 0.6 is 12.2 Å². The van der Waals surface area contributed by atoms with Crippen LogP contribution in [0.25, 0.3) is 0 Å². The van der Waals surface area contributed by atoms with E-state index < -0.39 is 11.7 Å². The maximum Gasteiger partial charge on any atom is 0.416 e. The first kappa shape index (κ1) is 15.2. The monoisotopic (exact) mass is 311 g/mol. The lowest BCUT2D eigenvalue weighted by Crippen LogP contribution is -2.14. The Morgan fingerprint density at radius 2 is 1.86 bits per heavy atom. The van der Waals surface area contributed by atoms with E-state index in [0.717, 1.165) is 12.1 Å². The summed E-state index contributed by atoms with van der Waals surface area (Å²) in [7, 11) is 0. The third-order valence-corrected chi connectivity index (χ3v) is 3.03. The molecule has 2 rings (SSSR count). The van der Waals surface area contributed by atoms with Crippen LogP contribution in [0.1, 0.15) is 16.7 Å². The molecule has 0 unspecified atom stereocenters. The number of nitrogens with one attached hydrogen (secondary N) is 1. The summed E-state index contributed by atoms with van der Waals surface area (Å²) in [4.78, 5) is 4.32.